The third-order valence-electron chi connectivity index (χ3n) is 4.97. The zero-order valence-electron chi connectivity index (χ0n) is 22.7. The van der Waals surface area contributed by atoms with E-state index in [1.165, 1.54) is 6.07 Å². The van der Waals surface area contributed by atoms with Crippen molar-refractivity contribution in [2.45, 2.75) is 41.2 Å². The number of hydrogen-bond acceptors (Lipinski definition) is 4. The molecule has 0 bridgehead atoms. The second-order valence-corrected chi connectivity index (χ2v) is 8.15. The van der Waals surface area contributed by atoms with E-state index < -0.39 is 0 Å². The van der Waals surface area contributed by atoms with Crippen molar-refractivity contribution < 1.29 is 9.13 Å². The van der Waals surface area contributed by atoms with Gasteiger partial charge in [0.2, 0.25) is 0 Å². The predicted octanol–water partition coefficient (Wildman–Crippen LogP) is 7.64. The Morgan fingerprint density at radius 2 is 1.76 bits per heavy atom. The highest BCUT2D eigenvalue weighted by Crippen LogP contribution is 2.29. The zero-order chi connectivity index (χ0) is 27.8. The molecule has 0 spiro atoms. The number of hydrogen-bond donors (Lipinski definition) is 2. The van der Waals surface area contributed by atoms with E-state index in [1.54, 1.807) is 36.4 Å². The highest BCUT2D eigenvalue weighted by Gasteiger charge is 2.12. The summed E-state index contributed by atoms with van der Waals surface area (Å²) in [5.41, 5.74) is 5.01. The van der Waals surface area contributed by atoms with Gasteiger partial charge in [-0.1, -0.05) is 61.2 Å². The minimum atomic E-state index is -0.346. The van der Waals surface area contributed by atoms with Crippen molar-refractivity contribution in [3.63, 3.8) is 0 Å². The fourth-order valence-electron chi connectivity index (χ4n) is 2.85. The second kappa shape index (κ2) is 16.3. The van der Waals surface area contributed by atoms with Crippen LogP contribution in [-0.4, -0.2) is 12.9 Å². The Morgan fingerprint density at radius 3 is 2.30 bits per heavy atom. The van der Waals surface area contributed by atoms with Crippen LogP contribution < -0.4 is 15.4 Å². The summed E-state index contributed by atoms with van der Waals surface area (Å²) < 4.78 is 19.5. The number of allylic oxidation sites excluding steroid dienone is 6. The van der Waals surface area contributed by atoms with E-state index >= 15 is 0 Å². The molecule has 5 nitrogen and oxygen atoms in total. The molecule has 6 heteroatoms. The standard InChI is InChI=1S/C22H22FN3O.C9H15N/c1-5-16(4)22(25-15(2)3)26-20-11-8-12-21(18(20)13-24)27-14-17-9-6-7-10-19(17)23;1-5-9(10-4)7-6-8(2)3/h5-12H,2,14H2,1,3-4H3,(H,25,26);5-7,10H,2H2,1,3-4H3/b16-5-;7-6-,9-5+. The first kappa shape index (κ1) is 30.7. The van der Waals surface area contributed by atoms with Gasteiger partial charge in [0.25, 0.3) is 0 Å². The molecule has 2 aromatic rings. The van der Waals surface area contributed by atoms with Crippen molar-refractivity contribution in [2.75, 3.05) is 7.05 Å². The second-order valence-electron chi connectivity index (χ2n) is 8.15. The number of likely N-dealkylation sites (N-methyl/N-ethyl adjacent to an activating group) is 1. The first-order chi connectivity index (χ1) is 17.7. The molecule has 0 amide bonds. The Morgan fingerprint density at radius 1 is 1.05 bits per heavy atom. The van der Waals surface area contributed by atoms with Gasteiger partial charge in [-0.05, 0) is 64.5 Å². The van der Waals surface area contributed by atoms with Gasteiger partial charge in [-0.2, -0.15) is 5.26 Å². The summed E-state index contributed by atoms with van der Waals surface area (Å²) in [5.74, 6) is 0.615. The molecule has 0 saturated carbocycles. The lowest BCUT2D eigenvalue weighted by molar-refractivity contribution is 0.299. The maximum Gasteiger partial charge on any atom is 0.139 e. The molecule has 0 aliphatic heterocycles. The van der Waals surface area contributed by atoms with E-state index in [2.05, 4.69) is 34.9 Å². The summed E-state index contributed by atoms with van der Waals surface area (Å²) in [7, 11) is 1.90. The van der Waals surface area contributed by atoms with Crippen molar-refractivity contribution in [3.05, 3.63) is 119 Å². The topological polar surface area (TPSA) is 69.4 Å². The Balaban J connectivity index is 0.000000580. The van der Waals surface area contributed by atoms with E-state index in [0.717, 1.165) is 22.5 Å². The number of ether oxygens (including phenoxy) is 1. The van der Waals surface area contributed by atoms with Crippen LogP contribution in [0, 0.1) is 17.1 Å². The molecule has 2 aromatic carbocycles. The Labute approximate surface area is 221 Å². The van der Waals surface area contributed by atoms with Crippen LogP contribution in [0.15, 0.2) is 107 Å². The highest BCUT2D eigenvalue weighted by molar-refractivity contribution is 6.00. The van der Waals surface area contributed by atoms with E-state index in [4.69, 9.17) is 4.74 Å². The third kappa shape index (κ3) is 10.8. The van der Waals surface area contributed by atoms with Crippen LogP contribution in [0.3, 0.4) is 0 Å². The van der Waals surface area contributed by atoms with Gasteiger partial charge in [-0.25, -0.2) is 9.38 Å². The van der Waals surface area contributed by atoms with Crippen LogP contribution in [0.2, 0.25) is 0 Å². The normalized spacial score (nSPS) is 11.8. The van der Waals surface area contributed by atoms with Gasteiger partial charge < -0.3 is 15.4 Å². The fraction of sp³-hybridized carbons (Fsp3) is 0.226. The lowest BCUT2D eigenvalue weighted by Gasteiger charge is -2.13. The van der Waals surface area contributed by atoms with Crippen molar-refractivity contribution in [2.24, 2.45) is 4.99 Å². The van der Waals surface area contributed by atoms with E-state index in [9.17, 15) is 9.65 Å². The van der Waals surface area contributed by atoms with Gasteiger partial charge in [-0.3, -0.25) is 0 Å². The van der Waals surface area contributed by atoms with E-state index in [1.807, 2.05) is 66.0 Å². The smallest absolute Gasteiger partial charge is 0.139 e. The average molecular weight is 501 g/mol. The first-order valence-corrected chi connectivity index (χ1v) is 11.9. The van der Waals surface area contributed by atoms with Crippen molar-refractivity contribution in [3.8, 4) is 11.8 Å². The number of aliphatic imine (C=N–C) groups is 1. The van der Waals surface area contributed by atoms with Crippen molar-refractivity contribution in [1.29, 1.82) is 5.26 Å². The molecule has 0 radical (unpaired) electrons. The van der Waals surface area contributed by atoms with E-state index in [0.29, 0.717) is 28.4 Å². The van der Waals surface area contributed by atoms with Crippen LogP contribution in [0.25, 0.3) is 0 Å². The Bertz CT molecular complexity index is 1250. The lowest BCUT2D eigenvalue weighted by Crippen LogP contribution is -2.21. The number of halogens is 1. The molecule has 0 aromatic heterocycles. The van der Waals surface area contributed by atoms with Gasteiger partial charge in [0.05, 0.1) is 5.69 Å². The van der Waals surface area contributed by atoms with Gasteiger partial charge >= 0.3 is 0 Å². The molecule has 194 valence electrons. The van der Waals surface area contributed by atoms with Crippen molar-refractivity contribution in [1.82, 2.24) is 10.6 Å². The largest absolute Gasteiger partial charge is 0.487 e. The highest BCUT2D eigenvalue weighted by atomic mass is 19.1. The quantitative estimate of drug-likeness (QED) is 0.211. The number of nitriles is 1. The predicted molar refractivity (Wildman–Crippen MR) is 153 cm³/mol. The molecule has 2 rings (SSSR count). The third-order valence-corrected chi connectivity index (χ3v) is 4.97. The molecular formula is C31H37FN4O. The van der Waals surface area contributed by atoms with Crippen LogP contribution in [-0.2, 0) is 6.61 Å². The van der Waals surface area contributed by atoms with Gasteiger partial charge in [0.15, 0.2) is 0 Å². The summed E-state index contributed by atoms with van der Waals surface area (Å²) in [5, 5.41) is 15.8. The maximum atomic E-state index is 13.8. The molecule has 37 heavy (non-hydrogen) atoms. The van der Waals surface area contributed by atoms with Crippen LogP contribution in [0.1, 0.15) is 45.7 Å². The number of benzene rings is 2. The van der Waals surface area contributed by atoms with Crippen molar-refractivity contribution >= 4 is 11.5 Å². The van der Waals surface area contributed by atoms with Gasteiger partial charge in [0.1, 0.15) is 35.6 Å². The SMILES string of the molecule is C=C(C)/C=C\C(=C/C)NC.C=C(C)NC(=Nc1cccc(OCc2ccccc2F)c1C#N)/C(C)=C\C. The molecule has 0 fully saturated rings. The average Bonchev–Trinajstić information content (AvgIpc) is 2.88. The van der Waals surface area contributed by atoms with Gasteiger partial charge in [-0.15, -0.1) is 0 Å². The summed E-state index contributed by atoms with van der Waals surface area (Å²) in [4.78, 5) is 4.57. The molecule has 0 aliphatic carbocycles. The molecule has 0 heterocycles. The maximum absolute atomic E-state index is 13.8. The Hall–Kier alpha value is -4.37. The molecule has 0 aliphatic rings. The molecule has 2 N–H and O–H groups in total. The molecule has 0 atom stereocenters. The Kier molecular flexibility index (Phi) is 13.5. The molecule has 0 saturated heterocycles. The monoisotopic (exact) mass is 500 g/mol. The van der Waals surface area contributed by atoms with Crippen LogP contribution in [0.4, 0.5) is 10.1 Å². The fourth-order valence-corrected chi connectivity index (χ4v) is 2.85. The zero-order valence-corrected chi connectivity index (χ0v) is 22.7. The lowest BCUT2D eigenvalue weighted by atomic mass is 10.1. The number of nitrogens with one attached hydrogen (secondary N) is 2. The molecule has 0 unspecified atom stereocenters. The van der Waals surface area contributed by atoms with Crippen LogP contribution in [0.5, 0.6) is 5.75 Å². The summed E-state index contributed by atoms with van der Waals surface area (Å²) in [6.45, 7) is 17.2. The summed E-state index contributed by atoms with van der Waals surface area (Å²) >= 11 is 0. The molecular weight excluding hydrogens is 463 g/mol. The minimum absolute atomic E-state index is 0.0271. The number of nitrogens with zero attached hydrogens (tertiary/aromatic N) is 2. The summed E-state index contributed by atoms with van der Waals surface area (Å²) in [6, 6.07) is 13.7. The summed E-state index contributed by atoms with van der Waals surface area (Å²) in [6.07, 6.45) is 7.91. The first-order valence-electron chi connectivity index (χ1n) is 11.9. The number of amidine groups is 1. The van der Waals surface area contributed by atoms with Gasteiger partial charge in [0, 0.05) is 24.0 Å². The minimum Gasteiger partial charge on any atom is -0.487 e. The number of rotatable bonds is 9. The van der Waals surface area contributed by atoms with Crippen LogP contribution >= 0.6 is 0 Å². The van der Waals surface area contributed by atoms with E-state index in [-0.39, 0.29) is 12.4 Å².